The van der Waals surface area contributed by atoms with E-state index in [9.17, 15) is 4.79 Å². The predicted molar refractivity (Wildman–Crippen MR) is 97.1 cm³/mol. The second-order valence-electron chi connectivity index (χ2n) is 5.55. The number of amides is 1. The van der Waals surface area contributed by atoms with Crippen LogP contribution in [-0.2, 0) is 13.0 Å². The van der Waals surface area contributed by atoms with Crippen LogP contribution in [0.5, 0.6) is 5.75 Å². The van der Waals surface area contributed by atoms with Gasteiger partial charge in [-0.25, -0.2) is 9.97 Å². The topological polar surface area (TPSA) is 89.3 Å². The molecule has 2 aromatic heterocycles. The Morgan fingerprint density at radius 2 is 2.04 bits per heavy atom. The van der Waals surface area contributed by atoms with E-state index in [4.69, 9.17) is 9.15 Å². The zero-order valence-electron chi connectivity index (χ0n) is 14.4. The molecule has 7 heteroatoms. The molecular weight excluding hydrogens is 332 g/mol. The fourth-order valence-electron chi connectivity index (χ4n) is 2.35. The minimum Gasteiger partial charge on any atom is -0.497 e. The van der Waals surface area contributed by atoms with Gasteiger partial charge in [-0.2, -0.15) is 0 Å². The van der Waals surface area contributed by atoms with E-state index in [1.807, 2.05) is 24.3 Å². The van der Waals surface area contributed by atoms with Crippen LogP contribution in [-0.4, -0.2) is 29.5 Å². The number of aromatic nitrogens is 2. The standard InChI is InChI=1S/C19H20N4O3/c1-25-15-6-4-14(5-7-15)8-10-20-19-21-11-9-17(23-19)18(24)22-13-16-3-2-12-26-16/h2-7,9,11-12H,8,10,13H2,1H3,(H,22,24)(H,20,21,23). The predicted octanol–water partition coefficient (Wildman–Crippen LogP) is 2.66. The van der Waals surface area contributed by atoms with Crippen molar-refractivity contribution in [3.8, 4) is 5.75 Å². The van der Waals surface area contributed by atoms with E-state index in [1.165, 1.54) is 5.56 Å². The molecule has 0 spiro atoms. The largest absolute Gasteiger partial charge is 0.497 e. The Morgan fingerprint density at radius 1 is 1.19 bits per heavy atom. The van der Waals surface area contributed by atoms with Crippen LogP contribution < -0.4 is 15.4 Å². The maximum Gasteiger partial charge on any atom is 0.270 e. The van der Waals surface area contributed by atoms with E-state index < -0.39 is 0 Å². The lowest BCUT2D eigenvalue weighted by atomic mass is 10.1. The van der Waals surface area contributed by atoms with Crippen LogP contribution in [0.3, 0.4) is 0 Å². The lowest BCUT2D eigenvalue weighted by molar-refractivity contribution is 0.0943. The Morgan fingerprint density at radius 3 is 2.77 bits per heavy atom. The molecule has 0 aliphatic heterocycles. The molecule has 0 aliphatic rings. The first-order chi connectivity index (χ1) is 12.7. The van der Waals surface area contributed by atoms with Gasteiger partial charge in [0.25, 0.3) is 5.91 Å². The number of carbonyl (C=O) groups is 1. The first-order valence-electron chi connectivity index (χ1n) is 8.25. The molecule has 1 amide bonds. The Labute approximate surface area is 151 Å². The van der Waals surface area contributed by atoms with Gasteiger partial charge in [0.05, 0.1) is 19.9 Å². The number of carbonyl (C=O) groups excluding carboxylic acids is 1. The molecule has 0 aliphatic carbocycles. The molecule has 3 aromatic rings. The van der Waals surface area contributed by atoms with Crippen LogP contribution in [0.2, 0.25) is 0 Å². The van der Waals surface area contributed by atoms with Crippen molar-refractivity contribution in [2.75, 3.05) is 19.0 Å². The van der Waals surface area contributed by atoms with Gasteiger partial charge < -0.3 is 19.8 Å². The van der Waals surface area contributed by atoms with Gasteiger partial charge in [0, 0.05) is 12.7 Å². The molecule has 0 atom stereocenters. The smallest absolute Gasteiger partial charge is 0.270 e. The molecule has 26 heavy (non-hydrogen) atoms. The maximum absolute atomic E-state index is 12.2. The number of furan rings is 1. The van der Waals surface area contributed by atoms with Crippen molar-refractivity contribution >= 4 is 11.9 Å². The molecule has 2 N–H and O–H groups in total. The van der Waals surface area contributed by atoms with E-state index >= 15 is 0 Å². The van der Waals surface area contributed by atoms with Gasteiger partial charge in [0.1, 0.15) is 17.2 Å². The summed E-state index contributed by atoms with van der Waals surface area (Å²) < 4.78 is 10.3. The van der Waals surface area contributed by atoms with Crippen LogP contribution in [0, 0.1) is 0 Å². The minimum atomic E-state index is -0.276. The molecule has 7 nitrogen and oxygen atoms in total. The third-order valence-electron chi connectivity index (χ3n) is 3.75. The van der Waals surface area contributed by atoms with E-state index in [0.29, 0.717) is 30.5 Å². The maximum atomic E-state index is 12.2. The summed E-state index contributed by atoms with van der Waals surface area (Å²) in [7, 11) is 1.64. The summed E-state index contributed by atoms with van der Waals surface area (Å²) in [6.45, 7) is 0.972. The highest BCUT2D eigenvalue weighted by atomic mass is 16.5. The Bertz CT molecular complexity index is 832. The highest BCUT2D eigenvalue weighted by Gasteiger charge is 2.09. The fraction of sp³-hybridized carbons (Fsp3) is 0.211. The molecule has 0 saturated carbocycles. The first kappa shape index (κ1) is 17.5. The number of nitrogens with one attached hydrogen (secondary N) is 2. The minimum absolute atomic E-state index is 0.276. The lowest BCUT2D eigenvalue weighted by Crippen LogP contribution is -2.24. The molecule has 0 unspecified atom stereocenters. The summed E-state index contributed by atoms with van der Waals surface area (Å²) in [6, 6.07) is 13.0. The third kappa shape index (κ3) is 4.83. The van der Waals surface area contributed by atoms with Crippen molar-refractivity contribution in [3.05, 3.63) is 71.9 Å². The molecule has 0 radical (unpaired) electrons. The molecule has 0 fully saturated rings. The lowest BCUT2D eigenvalue weighted by Gasteiger charge is -2.07. The second kappa shape index (κ2) is 8.66. The Kier molecular flexibility index (Phi) is 5.82. The number of anilines is 1. The SMILES string of the molecule is COc1ccc(CCNc2nccc(C(=O)NCc3ccco3)n2)cc1. The molecule has 0 saturated heterocycles. The monoisotopic (exact) mass is 352 g/mol. The van der Waals surface area contributed by atoms with Crippen molar-refractivity contribution in [2.45, 2.75) is 13.0 Å². The van der Waals surface area contributed by atoms with Gasteiger partial charge in [-0.05, 0) is 42.3 Å². The van der Waals surface area contributed by atoms with Crippen molar-refractivity contribution in [1.29, 1.82) is 0 Å². The van der Waals surface area contributed by atoms with Crippen LogP contribution in [0.25, 0.3) is 0 Å². The average Bonchev–Trinajstić information content (AvgIpc) is 3.20. The van der Waals surface area contributed by atoms with Crippen molar-refractivity contribution in [3.63, 3.8) is 0 Å². The van der Waals surface area contributed by atoms with E-state index in [2.05, 4.69) is 20.6 Å². The number of methoxy groups -OCH3 is 1. The highest BCUT2D eigenvalue weighted by molar-refractivity contribution is 5.92. The van der Waals surface area contributed by atoms with Gasteiger partial charge in [0.2, 0.25) is 5.95 Å². The van der Waals surface area contributed by atoms with E-state index in [-0.39, 0.29) is 5.91 Å². The molecule has 0 bridgehead atoms. The van der Waals surface area contributed by atoms with Crippen LogP contribution in [0.4, 0.5) is 5.95 Å². The van der Waals surface area contributed by atoms with Crippen molar-refractivity contribution in [2.24, 2.45) is 0 Å². The number of rotatable bonds is 8. The van der Waals surface area contributed by atoms with Gasteiger partial charge in [-0.15, -0.1) is 0 Å². The second-order valence-corrected chi connectivity index (χ2v) is 5.55. The Hall–Kier alpha value is -3.35. The summed E-state index contributed by atoms with van der Waals surface area (Å²) in [5.74, 6) is 1.66. The molecule has 1 aromatic carbocycles. The zero-order chi connectivity index (χ0) is 18.2. The van der Waals surface area contributed by atoms with Crippen LogP contribution in [0.15, 0.2) is 59.3 Å². The summed E-state index contributed by atoms with van der Waals surface area (Å²) in [5, 5.41) is 5.89. The summed E-state index contributed by atoms with van der Waals surface area (Å²) >= 11 is 0. The summed E-state index contributed by atoms with van der Waals surface area (Å²) in [5.41, 5.74) is 1.48. The van der Waals surface area contributed by atoms with E-state index in [1.54, 1.807) is 37.8 Å². The van der Waals surface area contributed by atoms with Crippen LogP contribution >= 0.6 is 0 Å². The zero-order valence-corrected chi connectivity index (χ0v) is 14.4. The van der Waals surface area contributed by atoms with Gasteiger partial charge >= 0.3 is 0 Å². The molecule has 134 valence electrons. The number of ether oxygens (including phenoxy) is 1. The quantitative estimate of drug-likeness (QED) is 0.648. The summed E-state index contributed by atoms with van der Waals surface area (Å²) in [4.78, 5) is 20.6. The van der Waals surface area contributed by atoms with Crippen LogP contribution in [0.1, 0.15) is 21.8 Å². The highest BCUT2D eigenvalue weighted by Crippen LogP contribution is 2.11. The summed E-state index contributed by atoms with van der Waals surface area (Å²) in [6.07, 6.45) is 3.93. The number of benzene rings is 1. The van der Waals surface area contributed by atoms with E-state index in [0.717, 1.165) is 12.2 Å². The fourth-order valence-corrected chi connectivity index (χ4v) is 2.35. The van der Waals surface area contributed by atoms with Gasteiger partial charge in [-0.1, -0.05) is 12.1 Å². The molecule has 3 rings (SSSR count). The molecule has 2 heterocycles. The number of nitrogens with zero attached hydrogens (tertiary/aromatic N) is 2. The normalized spacial score (nSPS) is 10.3. The van der Waals surface area contributed by atoms with Gasteiger partial charge in [0.15, 0.2) is 0 Å². The number of hydrogen-bond donors (Lipinski definition) is 2. The first-order valence-corrected chi connectivity index (χ1v) is 8.25. The third-order valence-corrected chi connectivity index (χ3v) is 3.75. The van der Waals surface area contributed by atoms with Crippen molar-refractivity contribution in [1.82, 2.24) is 15.3 Å². The Balaban J connectivity index is 1.50. The number of hydrogen-bond acceptors (Lipinski definition) is 6. The van der Waals surface area contributed by atoms with Crippen molar-refractivity contribution < 1.29 is 13.9 Å². The average molecular weight is 352 g/mol. The van der Waals surface area contributed by atoms with Gasteiger partial charge in [-0.3, -0.25) is 4.79 Å². The molecular formula is C19H20N4O3.